The number of carbonyl (C=O) groups is 2. The van der Waals surface area contributed by atoms with E-state index >= 15 is 8.78 Å². The summed E-state index contributed by atoms with van der Waals surface area (Å²) in [6, 6.07) is 7.18. The maximum Gasteiger partial charge on any atom is 0.435 e. The molecule has 67 heavy (non-hydrogen) atoms. The van der Waals surface area contributed by atoms with E-state index in [9.17, 15) is 40.0 Å². The highest BCUT2D eigenvalue weighted by molar-refractivity contribution is 7.92. The van der Waals surface area contributed by atoms with E-state index in [0.29, 0.717) is 16.3 Å². The molecule has 8 rings (SSSR count). The molecule has 356 valence electrons. The van der Waals surface area contributed by atoms with Gasteiger partial charge in [-0.1, -0.05) is 23.6 Å². The number of hydrogen-bond acceptors (Lipinski definition) is 9. The van der Waals surface area contributed by atoms with Crippen LogP contribution in [0.3, 0.4) is 0 Å². The van der Waals surface area contributed by atoms with Crippen LogP contribution in [0.15, 0.2) is 42.5 Å². The molecule has 2 amide bonds. The second-order valence-corrected chi connectivity index (χ2v) is 19.8. The number of fused-ring (bicyclic) bond motifs is 4. The molecule has 3 aromatic heterocycles. The number of sulfonamides is 1. The molecule has 1 saturated carbocycles. The summed E-state index contributed by atoms with van der Waals surface area (Å²) in [6.07, 6.45) is -5.97. The number of carbonyl (C=O) groups excluding carboxylic acids is 2. The van der Waals surface area contributed by atoms with Crippen LogP contribution in [0, 0.1) is 29.4 Å². The van der Waals surface area contributed by atoms with Gasteiger partial charge in [0, 0.05) is 42.3 Å². The summed E-state index contributed by atoms with van der Waals surface area (Å²) < 4.78 is 144. The molecular weight excluding hydrogens is 937 g/mol. The van der Waals surface area contributed by atoms with Crippen LogP contribution >= 0.6 is 11.6 Å². The first kappa shape index (κ1) is 47.6. The number of hydrogen-bond donors (Lipinski definition) is 2. The van der Waals surface area contributed by atoms with Crippen LogP contribution < -0.4 is 10.0 Å². The first-order chi connectivity index (χ1) is 31.3. The molecule has 0 radical (unpaired) electrons. The number of rotatable bonds is 9. The molecule has 1 saturated heterocycles. The van der Waals surface area contributed by atoms with Gasteiger partial charge in [0.1, 0.15) is 41.3 Å². The van der Waals surface area contributed by atoms with Crippen LogP contribution in [0.1, 0.15) is 79.5 Å². The van der Waals surface area contributed by atoms with Gasteiger partial charge in [0.15, 0.2) is 11.5 Å². The van der Waals surface area contributed by atoms with Crippen LogP contribution in [-0.2, 0) is 56.4 Å². The minimum atomic E-state index is -5.11. The highest BCUT2D eigenvalue weighted by Crippen LogP contribution is 2.64. The zero-order chi connectivity index (χ0) is 48.5. The van der Waals surface area contributed by atoms with E-state index in [1.165, 1.54) is 34.8 Å². The van der Waals surface area contributed by atoms with E-state index in [-0.39, 0.29) is 76.8 Å². The SMILES string of the molecule is Cn1nc(NS(C)(=O)=O)c2c(Cl)ccc(-c3ccc(C#CC4CN(C(=O)OC(C)(C)C)CCO4)nc3[C@H](Cc3cc(F)cc(F)c3)NC(=O)Cn3nc(C(F)(F)F)c4c3C(F)(F)[C@@H]3CC[C@H]43)c21. The molecule has 2 fully saturated rings. The Labute approximate surface area is 384 Å². The Hall–Kier alpha value is -5.92. The topological polar surface area (TPSA) is 163 Å². The highest BCUT2D eigenvalue weighted by atomic mass is 35.5. The molecule has 2 N–H and O–H groups in total. The summed E-state index contributed by atoms with van der Waals surface area (Å²) >= 11 is 6.64. The van der Waals surface area contributed by atoms with E-state index in [1.54, 1.807) is 26.8 Å². The van der Waals surface area contributed by atoms with Crippen LogP contribution in [-0.4, -0.2) is 87.5 Å². The number of nitrogens with one attached hydrogen (secondary N) is 2. The van der Waals surface area contributed by atoms with Gasteiger partial charge in [-0.15, -0.1) is 0 Å². The highest BCUT2D eigenvalue weighted by Gasteiger charge is 2.63. The van der Waals surface area contributed by atoms with Gasteiger partial charge in [0.05, 0.1) is 47.1 Å². The maximum atomic E-state index is 15.8. The predicted molar refractivity (Wildman–Crippen MR) is 229 cm³/mol. The van der Waals surface area contributed by atoms with Gasteiger partial charge < -0.3 is 19.7 Å². The fourth-order valence-corrected chi connectivity index (χ4v) is 9.51. The number of nitrogens with zero attached hydrogens (tertiary/aromatic N) is 6. The lowest BCUT2D eigenvalue weighted by atomic mass is 9.73. The number of benzene rings is 2. The minimum absolute atomic E-state index is 0.0197. The smallest absolute Gasteiger partial charge is 0.435 e. The van der Waals surface area contributed by atoms with Crippen LogP contribution in [0.4, 0.5) is 41.3 Å². The quantitative estimate of drug-likeness (QED) is 0.111. The standard InChI is InChI=1S/C44H42ClF7N8O6S/c1-42(2,3)66-41(62)59-14-15-65-26(20-59)8-6-25-7-9-27(28-11-13-31(45)35-37(28)58(4)56-40(35)57-67(5,63)64)36(53-25)32(18-22-16-23(46)19-24(47)17-22)54-33(61)21-60-39-34(38(55-60)44(50,51)52)29-10-12-30(29)43(39,48)49/h7,9,11,13,16-17,19,26,29-30,32H,10,12,14-15,18,20-21H2,1-5H3,(H,54,61)(H,56,57)/t26?,29-,30+,32-/m0/s1. The molecule has 0 spiro atoms. The van der Waals surface area contributed by atoms with Crippen molar-refractivity contribution in [2.45, 2.75) is 82.3 Å². The summed E-state index contributed by atoms with van der Waals surface area (Å²) in [5.41, 5.74) is -3.19. The number of alkyl halides is 5. The Morgan fingerprint density at radius 3 is 2.39 bits per heavy atom. The van der Waals surface area contributed by atoms with Crippen LogP contribution in [0.2, 0.25) is 5.02 Å². The average molecular weight is 979 g/mol. The summed E-state index contributed by atoms with van der Waals surface area (Å²) in [5, 5.41) is 10.7. The van der Waals surface area contributed by atoms with E-state index < -0.39 is 105 Å². The number of pyridine rings is 1. The van der Waals surface area contributed by atoms with Crippen molar-refractivity contribution in [2.75, 3.05) is 30.7 Å². The molecule has 2 aromatic carbocycles. The Morgan fingerprint density at radius 2 is 1.75 bits per heavy atom. The third-order valence-electron chi connectivity index (χ3n) is 11.5. The third-order valence-corrected chi connectivity index (χ3v) is 12.4. The largest absolute Gasteiger partial charge is 0.444 e. The molecule has 2 aliphatic carbocycles. The van der Waals surface area contributed by atoms with Gasteiger partial charge in [-0.25, -0.2) is 27.0 Å². The minimum Gasteiger partial charge on any atom is -0.444 e. The Morgan fingerprint density at radius 1 is 1.04 bits per heavy atom. The fourth-order valence-electron chi connectivity index (χ4n) is 8.78. The monoisotopic (exact) mass is 978 g/mol. The summed E-state index contributed by atoms with van der Waals surface area (Å²) in [5.74, 6) is -3.58. The van der Waals surface area contributed by atoms with Crippen molar-refractivity contribution in [1.82, 2.24) is 34.8 Å². The summed E-state index contributed by atoms with van der Waals surface area (Å²) in [4.78, 5) is 33.3. The van der Waals surface area contributed by atoms with Gasteiger partial charge in [-0.3, -0.25) is 18.9 Å². The molecular formula is C44H42ClF7N8O6S. The van der Waals surface area contributed by atoms with Crippen molar-refractivity contribution >= 4 is 50.3 Å². The molecule has 23 heteroatoms. The summed E-state index contributed by atoms with van der Waals surface area (Å²) in [6.45, 7) is 4.43. The number of aryl methyl sites for hydroxylation is 1. The molecule has 1 unspecified atom stereocenters. The number of anilines is 1. The molecule has 5 aromatic rings. The van der Waals surface area contributed by atoms with Gasteiger partial charge in [-0.2, -0.15) is 32.1 Å². The lowest BCUT2D eigenvalue weighted by Crippen LogP contribution is -2.47. The normalized spacial score (nSPS) is 19.5. The third kappa shape index (κ3) is 9.76. The molecule has 1 aliphatic heterocycles. The second-order valence-electron chi connectivity index (χ2n) is 17.6. The van der Waals surface area contributed by atoms with Crippen molar-refractivity contribution in [1.29, 1.82) is 0 Å². The van der Waals surface area contributed by atoms with Gasteiger partial charge in [0.25, 0.3) is 5.92 Å². The zero-order valence-electron chi connectivity index (χ0n) is 36.4. The maximum absolute atomic E-state index is 15.8. The van der Waals surface area contributed by atoms with Crippen molar-refractivity contribution < 1.29 is 58.2 Å². The second kappa shape index (κ2) is 17.3. The molecule has 0 bridgehead atoms. The van der Waals surface area contributed by atoms with Crippen molar-refractivity contribution in [3.63, 3.8) is 0 Å². The molecule has 3 aliphatic rings. The average Bonchev–Trinajstić information content (AvgIpc) is 3.77. The molecule has 4 heterocycles. The predicted octanol–water partition coefficient (Wildman–Crippen LogP) is 7.84. The first-order valence-electron chi connectivity index (χ1n) is 20.8. The Bertz CT molecular complexity index is 2980. The molecule has 4 atom stereocenters. The molecule has 14 nitrogen and oxygen atoms in total. The number of aromatic nitrogens is 5. The van der Waals surface area contributed by atoms with Crippen LogP contribution in [0.5, 0.6) is 0 Å². The lowest BCUT2D eigenvalue weighted by molar-refractivity contribution is -0.144. The Balaban J connectivity index is 1.25. The zero-order valence-corrected chi connectivity index (χ0v) is 37.9. The number of halogens is 8. The van der Waals surface area contributed by atoms with E-state index in [0.717, 1.165) is 18.4 Å². The van der Waals surface area contributed by atoms with Gasteiger partial charge in [-0.05, 0) is 87.8 Å². The lowest BCUT2D eigenvalue weighted by Gasteiger charge is -2.34. The van der Waals surface area contributed by atoms with E-state index in [1.807, 2.05) is 0 Å². The van der Waals surface area contributed by atoms with E-state index in [4.69, 9.17) is 26.1 Å². The number of morpholine rings is 1. The number of amides is 2. The van der Waals surface area contributed by atoms with Crippen molar-refractivity contribution in [3.8, 4) is 23.0 Å². The first-order valence-corrected chi connectivity index (χ1v) is 23.1. The fraction of sp³-hybridized carbons (Fsp3) is 0.432. The van der Waals surface area contributed by atoms with Crippen molar-refractivity contribution in [3.05, 3.63) is 93.0 Å². The van der Waals surface area contributed by atoms with Crippen LogP contribution in [0.25, 0.3) is 22.0 Å². The summed E-state index contributed by atoms with van der Waals surface area (Å²) in [7, 11) is -2.39. The number of ether oxygens (including phenoxy) is 2. The van der Waals surface area contributed by atoms with Gasteiger partial charge in [0.2, 0.25) is 15.9 Å². The van der Waals surface area contributed by atoms with E-state index in [2.05, 4.69) is 32.1 Å². The Kier molecular flexibility index (Phi) is 12.3. The van der Waals surface area contributed by atoms with Crippen molar-refractivity contribution in [2.24, 2.45) is 13.0 Å². The van der Waals surface area contributed by atoms with Gasteiger partial charge >= 0.3 is 12.3 Å².